The summed E-state index contributed by atoms with van der Waals surface area (Å²) in [6.07, 6.45) is 4.09. The summed E-state index contributed by atoms with van der Waals surface area (Å²) < 4.78 is 8.35. The smallest absolute Gasteiger partial charge is 0.336 e. The predicted octanol–water partition coefficient (Wildman–Crippen LogP) is 3.98. The first-order chi connectivity index (χ1) is 13.7. The maximum Gasteiger partial charge on any atom is 0.336 e. The average molecular weight is 439 g/mol. The third kappa shape index (κ3) is 3.25. The van der Waals surface area contributed by atoms with E-state index in [1.54, 1.807) is 6.07 Å². The van der Waals surface area contributed by atoms with Crippen LogP contribution in [0.25, 0.3) is 16.6 Å². The molecule has 142 valence electrons. The first kappa shape index (κ1) is 17.6. The van der Waals surface area contributed by atoms with Gasteiger partial charge in [-0.3, -0.25) is 9.30 Å². The lowest BCUT2D eigenvalue weighted by molar-refractivity contribution is 0.201. The van der Waals surface area contributed by atoms with Gasteiger partial charge in [0.05, 0.1) is 0 Å². The highest BCUT2D eigenvalue weighted by atomic mass is 79.9. The summed E-state index contributed by atoms with van der Waals surface area (Å²) >= 11 is 3.44. The van der Waals surface area contributed by atoms with Crippen LogP contribution in [0.15, 0.2) is 62.3 Å². The number of pyridine rings is 1. The van der Waals surface area contributed by atoms with E-state index in [1.807, 2.05) is 42.6 Å². The van der Waals surface area contributed by atoms with Gasteiger partial charge in [-0.05, 0) is 61.8 Å². The molecule has 0 N–H and O–H groups in total. The number of halogens is 1. The van der Waals surface area contributed by atoms with Crippen LogP contribution in [0.3, 0.4) is 0 Å². The molecule has 0 atom stereocenters. The lowest BCUT2D eigenvalue weighted by Crippen LogP contribution is -2.33. The number of hydrogen-bond donors (Lipinski definition) is 0. The number of likely N-dealkylation sites (tertiary alicyclic amines) is 1. The van der Waals surface area contributed by atoms with Crippen molar-refractivity contribution in [1.82, 2.24) is 19.5 Å². The van der Waals surface area contributed by atoms with Gasteiger partial charge in [0.25, 0.3) is 0 Å². The Morgan fingerprint density at radius 3 is 2.82 bits per heavy atom. The highest BCUT2D eigenvalue weighted by molar-refractivity contribution is 9.10. The molecule has 5 rings (SSSR count). The zero-order chi connectivity index (χ0) is 19.1. The lowest BCUT2D eigenvalue weighted by atomic mass is 9.95. The van der Waals surface area contributed by atoms with Gasteiger partial charge < -0.3 is 4.42 Å². The zero-order valence-electron chi connectivity index (χ0n) is 15.2. The standard InChI is InChI=1S/C21H19BrN4O2/c22-16-4-5-17-15(11-20(27)28-18(17)12-16)13-25-9-6-14(7-10-25)21-24-23-19-3-1-2-8-26(19)21/h1-5,8,11-12,14H,6-7,9-10,13H2. The molecule has 0 aliphatic carbocycles. The maximum absolute atomic E-state index is 12.0. The van der Waals surface area contributed by atoms with Crippen molar-refractivity contribution < 1.29 is 4.42 Å². The molecule has 3 aromatic heterocycles. The van der Waals surface area contributed by atoms with Gasteiger partial charge in [-0.15, -0.1) is 10.2 Å². The number of aromatic nitrogens is 3. The van der Waals surface area contributed by atoms with Crippen LogP contribution in [-0.4, -0.2) is 32.6 Å². The minimum atomic E-state index is -0.301. The number of fused-ring (bicyclic) bond motifs is 2. The Kier molecular flexibility index (Phi) is 4.49. The number of piperidine rings is 1. The summed E-state index contributed by atoms with van der Waals surface area (Å²) in [7, 11) is 0. The van der Waals surface area contributed by atoms with Crippen LogP contribution in [0, 0.1) is 0 Å². The second kappa shape index (κ2) is 7.14. The summed E-state index contributed by atoms with van der Waals surface area (Å²) in [5.74, 6) is 1.45. The minimum absolute atomic E-state index is 0.301. The van der Waals surface area contributed by atoms with E-state index in [9.17, 15) is 4.79 Å². The van der Waals surface area contributed by atoms with E-state index in [-0.39, 0.29) is 5.63 Å². The van der Waals surface area contributed by atoms with Gasteiger partial charge in [0.1, 0.15) is 11.4 Å². The van der Waals surface area contributed by atoms with E-state index in [2.05, 4.69) is 35.4 Å². The molecule has 0 radical (unpaired) electrons. The number of hydrogen-bond acceptors (Lipinski definition) is 5. The van der Waals surface area contributed by atoms with Gasteiger partial charge in [-0.1, -0.05) is 22.0 Å². The number of nitrogens with zero attached hydrogens (tertiary/aromatic N) is 4. The van der Waals surface area contributed by atoms with Crippen LogP contribution >= 0.6 is 15.9 Å². The van der Waals surface area contributed by atoms with Gasteiger partial charge >= 0.3 is 5.63 Å². The number of rotatable bonds is 3. The van der Waals surface area contributed by atoms with E-state index in [4.69, 9.17) is 4.42 Å². The van der Waals surface area contributed by atoms with Crippen molar-refractivity contribution >= 4 is 32.5 Å². The normalized spacial score (nSPS) is 16.2. The van der Waals surface area contributed by atoms with Gasteiger partial charge in [-0.25, -0.2) is 4.79 Å². The Morgan fingerprint density at radius 2 is 1.96 bits per heavy atom. The molecule has 0 spiro atoms. The van der Waals surface area contributed by atoms with E-state index < -0.39 is 0 Å². The Hall–Kier alpha value is -2.51. The molecule has 1 aliphatic heterocycles. The fourth-order valence-electron chi connectivity index (χ4n) is 4.06. The molecule has 4 heterocycles. The van der Waals surface area contributed by atoms with Crippen LogP contribution in [0.4, 0.5) is 0 Å². The highest BCUT2D eigenvalue weighted by Crippen LogP contribution is 2.29. The van der Waals surface area contributed by atoms with Crippen LogP contribution in [0.1, 0.15) is 30.1 Å². The molecule has 7 heteroatoms. The molecule has 1 saturated heterocycles. The topological polar surface area (TPSA) is 63.6 Å². The van der Waals surface area contributed by atoms with Crippen molar-refractivity contribution in [3.63, 3.8) is 0 Å². The molecule has 0 saturated carbocycles. The molecular weight excluding hydrogens is 420 g/mol. The van der Waals surface area contributed by atoms with Crippen LogP contribution in [-0.2, 0) is 6.54 Å². The van der Waals surface area contributed by atoms with Crippen molar-refractivity contribution in [2.45, 2.75) is 25.3 Å². The van der Waals surface area contributed by atoms with Crippen LogP contribution in [0.5, 0.6) is 0 Å². The minimum Gasteiger partial charge on any atom is -0.423 e. The Labute approximate surface area is 169 Å². The van der Waals surface area contributed by atoms with Crippen molar-refractivity contribution in [2.24, 2.45) is 0 Å². The summed E-state index contributed by atoms with van der Waals surface area (Å²) in [5, 5.41) is 9.70. The first-order valence-electron chi connectivity index (χ1n) is 9.42. The van der Waals surface area contributed by atoms with Crippen molar-refractivity contribution in [3.8, 4) is 0 Å². The zero-order valence-corrected chi connectivity index (χ0v) is 16.8. The highest BCUT2D eigenvalue weighted by Gasteiger charge is 2.25. The summed E-state index contributed by atoms with van der Waals surface area (Å²) in [5.41, 5.74) is 2.24. The molecule has 0 bridgehead atoms. The van der Waals surface area contributed by atoms with Crippen molar-refractivity contribution in [2.75, 3.05) is 13.1 Å². The third-order valence-electron chi connectivity index (χ3n) is 5.48. The molecule has 1 aliphatic rings. The van der Waals surface area contributed by atoms with Gasteiger partial charge in [-0.2, -0.15) is 0 Å². The molecule has 0 amide bonds. The summed E-state index contributed by atoms with van der Waals surface area (Å²) in [4.78, 5) is 14.4. The Balaban J connectivity index is 1.34. The average Bonchev–Trinajstić information content (AvgIpc) is 3.12. The van der Waals surface area contributed by atoms with Crippen molar-refractivity contribution in [3.05, 3.63) is 74.9 Å². The molecular formula is C21H19BrN4O2. The second-order valence-corrected chi connectivity index (χ2v) is 8.18. The molecule has 28 heavy (non-hydrogen) atoms. The summed E-state index contributed by atoms with van der Waals surface area (Å²) in [6.45, 7) is 2.67. The largest absolute Gasteiger partial charge is 0.423 e. The summed E-state index contributed by atoms with van der Waals surface area (Å²) in [6, 6.07) is 13.4. The van der Waals surface area contributed by atoms with E-state index in [0.717, 1.165) is 59.4 Å². The predicted molar refractivity (Wildman–Crippen MR) is 110 cm³/mol. The molecule has 1 aromatic carbocycles. The lowest BCUT2D eigenvalue weighted by Gasteiger charge is -2.31. The first-order valence-corrected chi connectivity index (χ1v) is 10.2. The Morgan fingerprint density at radius 1 is 1.11 bits per heavy atom. The van der Waals surface area contributed by atoms with Gasteiger partial charge in [0, 0.05) is 34.6 Å². The van der Waals surface area contributed by atoms with Gasteiger partial charge in [0.2, 0.25) is 0 Å². The van der Waals surface area contributed by atoms with Crippen molar-refractivity contribution in [1.29, 1.82) is 0 Å². The maximum atomic E-state index is 12.0. The fraction of sp³-hybridized carbons (Fsp3) is 0.286. The SMILES string of the molecule is O=c1cc(CN2CCC(c3nnc4ccccn34)CC2)c2ccc(Br)cc2o1. The monoisotopic (exact) mass is 438 g/mol. The van der Waals surface area contributed by atoms with Gasteiger partial charge in [0.15, 0.2) is 5.65 Å². The van der Waals surface area contributed by atoms with Crippen LogP contribution < -0.4 is 5.63 Å². The quantitative estimate of drug-likeness (QED) is 0.452. The van der Waals surface area contributed by atoms with E-state index in [0.29, 0.717) is 11.5 Å². The van der Waals surface area contributed by atoms with Crippen LogP contribution in [0.2, 0.25) is 0 Å². The van der Waals surface area contributed by atoms with E-state index in [1.165, 1.54) is 0 Å². The third-order valence-corrected chi connectivity index (χ3v) is 5.97. The molecule has 1 fully saturated rings. The number of benzene rings is 1. The molecule has 6 nitrogen and oxygen atoms in total. The fourth-order valence-corrected chi connectivity index (χ4v) is 4.40. The van der Waals surface area contributed by atoms with E-state index >= 15 is 0 Å². The molecule has 0 unspecified atom stereocenters. The molecule has 4 aromatic rings. The Bertz CT molecular complexity index is 1210. The second-order valence-electron chi connectivity index (χ2n) is 7.27.